The average molecular weight is 438 g/mol. The minimum atomic E-state index is -0.111. The number of benzene rings is 2. The van der Waals surface area contributed by atoms with Gasteiger partial charge in [-0.25, -0.2) is 4.98 Å². The van der Waals surface area contributed by atoms with Gasteiger partial charge in [0.2, 0.25) is 16.9 Å². The Morgan fingerprint density at radius 2 is 1.93 bits per heavy atom. The molecule has 30 heavy (non-hydrogen) atoms. The number of aromatic nitrogens is 3. The smallest absolute Gasteiger partial charge is 0.226 e. The summed E-state index contributed by atoms with van der Waals surface area (Å²) in [6, 6.07) is 15.5. The molecule has 2 aromatic carbocycles. The van der Waals surface area contributed by atoms with Crippen molar-refractivity contribution in [3.63, 3.8) is 0 Å². The fourth-order valence-electron chi connectivity index (χ4n) is 2.66. The second-order valence-corrected chi connectivity index (χ2v) is 8.76. The summed E-state index contributed by atoms with van der Waals surface area (Å²) >= 11 is 3.01. The van der Waals surface area contributed by atoms with E-state index in [2.05, 4.69) is 25.8 Å². The number of hydrogen-bond acceptors (Lipinski definition) is 8. The highest BCUT2D eigenvalue weighted by molar-refractivity contribution is 8.00. The molecule has 0 spiro atoms. The Hall–Kier alpha value is -3.17. The van der Waals surface area contributed by atoms with Crippen LogP contribution in [-0.4, -0.2) is 21.1 Å². The quantitative estimate of drug-likeness (QED) is 0.369. The van der Waals surface area contributed by atoms with Crippen LogP contribution in [0.15, 0.2) is 63.6 Å². The standard InChI is InChI=1S/C21H19N5O2S2/c1-13-6-8-15(9-7-13)19-23-18(11-28-19)12-29-21-26-25-20(30-21)24-17-5-3-4-16(10-17)22-14(2)27/h3-11H,12H2,1-2H3,(H,22,27)(H,24,25). The minimum absolute atomic E-state index is 0.111. The number of carbonyl (C=O) groups excluding carboxylic acids is 1. The summed E-state index contributed by atoms with van der Waals surface area (Å²) in [5.41, 5.74) is 4.56. The van der Waals surface area contributed by atoms with Crippen LogP contribution in [0.2, 0.25) is 0 Å². The van der Waals surface area contributed by atoms with Gasteiger partial charge in [-0.15, -0.1) is 10.2 Å². The lowest BCUT2D eigenvalue weighted by Gasteiger charge is -2.05. The molecule has 0 atom stereocenters. The molecule has 7 nitrogen and oxygen atoms in total. The number of aryl methyl sites for hydroxylation is 1. The van der Waals surface area contributed by atoms with Crippen LogP contribution in [0.1, 0.15) is 18.2 Å². The lowest BCUT2D eigenvalue weighted by Crippen LogP contribution is -2.05. The van der Waals surface area contributed by atoms with E-state index in [1.54, 1.807) is 18.0 Å². The molecule has 0 bridgehead atoms. The maximum atomic E-state index is 11.2. The van der Waals surface area contributed by atoms with Crippen LogP contribution in [0.25, 0.3) is 11.5 Å². The van der Waals surface area contributed by atoms with Crippen molar-refractivity contribution >= 4 is 45.5 Å². The van der Waals surface area contributed by atoms with Gasteiger partial charge in [-0.3, -0.25) is 4.79 Å². The van der Waals surface area contributed by atoms with Gasteiger partial charge < -0.3 is 15.1 Å². The van der Waals surface area contributed by atoms with E-state index in [0.717, 1.165) is 27.0 Å². The fraction of sp³-hybridized carbons (Fsp3) is 0.143. The average Bonchev–Trinajstić information content (AvgIpc) is 3.36. The van der Waals surface area contributed by atoms with E-state index >= 15 is 0 Å². The summed E-state index contributed by atoms with van der Waals surface area (Å²) in [6.45, 7) is 3.53. The van der Waals surface area contributed by atoms with E-state index < -0.39 is 0 Å². The molecule has 2 aromatic heterocycles. The van der Waals surface area contributed by atoms with Crippen molar-refractivity contribution in [1.29, 1.82) is 0 Å². The van der Waals surface area contributed by atoms with E-state index in [-0.39, 0.29) is 5.91 Å². The zero-order valence-corrected chi connectivity index (χ0v) is 18.0. The van der Waals surface area contributed by atoms with Crippen molar-refractivity contribution in [1.82, 2.24) is 15.2 Å². The first-order valence-electron chi connectivity index (χ1n) is 9.17. The van der Waals surface area contributed by atoms with E-state index in [1.165, 1.54) is 23.8 Å². The largest absolute Gasteiger partial charge is 0.444 e. The molecule has 0 saturated carbocycles. The third-order valence-electron chi connectivity index (χ3n) is 4.03. The third kappa shape index (κ3) is 5.25. The highest BCUT2D eigenvalue weighted by Crippen LogP contribution is 2.31. The van der Waals surface area contributed by atoms with E-state index in [1.807, 2.05) is 55.5 Å². The van der Waals surface area contributed by atoms with Crippen molar-refractivity contribution < 1.29 is 9.21 Å². The van der Waals surface area contributed by atoms with Crippen LogP contribution < -0.4 is 10.6 Å². The van der Waals surface area contributed by atoms with Crippen molar-refractivity contribution in [2.75, 3.05) is 10.6 Å². The number of oxazole rings is 1. The number of amides is 1. The van der Waals surface area contributed by atoms with Crippen LogP contribution in [-0.2, 0) is 10.5 Å². The number of nitrogens with zero attached hydrogens (tertiary/aromatic N) is 3. The Bertz CT molecular complexity index is 1150. The monoisotopic (exact) mass is 437 g/mol. The number of rotatable bonds is 7. The number of nitrogens with one attached hydrogen (secondary N) is 2. The van der Waals surface area contributed by atoms with Crippen LogP contribution in [0.4, 0.5) is 16.5 Å². The van der Waals surface area contributed by atoms with Gasteiger partial charge in [-0.05, 0) is 37.3 Å². The van der Waals surface area contributed by atoms with Crippen LogP contribution in [0.5, 0.6) is 0 Å². The highest BCUT2D eigenvalue weighted by Gasteiger charge is 2.10. The van der Waals surface area contributed by atoms with Gasteiger partial charge in [0.1, 0.15) is 6.26 Å². The number of thioether (sulfide) groups is 1. The summed E-state index contributed by atoms with van der Waals surface area (Å²) in [7, 11) is 0. The summed E-state index contributed by atoms with van der Waals surface area (Å²) in [5, 5.41) is 15.0. The molecule has 0 fully saturated rings. The molecule has 152 valence electrons. The fourth-order valence-corrected chi connectivity index (χ4v) is 4.31. The summed E-state index contributed by atoms with van der Waals surface area (Å²) in [5.74, 6) is 1.14. The minimum Gasteiger partial charge on any atom is -0.444 e. The van der Waals surface area contributed by atoms with Crippen LogP contribution in [0.3, 0.4) is 0 Å². The Balaban J connectivity index is 1.35. The zero-order chi connectivity index (χ0) is 20.9. The summed E-state index contributed by atoms with van der Waals surface area (Å²) in [4.78, 5) is 15.8. The summed E-state index contributed by atoms with van der Waals surface area (Å²) in [6.07, 6.45) is 1.68. The van der Waals surface area contributed by atoms with Crippen molar-refractivity contribution in [2.45, 2.75) is 23.9 Å². The molecule has 1 amide bonds. The van der Waals surface area contributed by atoms with E-state index in [4.69, 9.17) is 4.42 Å². The van der Waals surface area contributed by atoms with Gasteiger partial charge in [0, 0.05) is 29.6 Å². The number of carbonyl (C=O) groups is 1. The predicted octanol–water partition coefficient (Wildman–Crippen LogP) is 5.50. The number of anilines is 3. The van der Waals surface area contributed by atoms with Gasteiger partial charge >= 0.3 is 0 Å². The lowest BCUT2D eigenvalue weighted by atomic mass is 10.1. The normalized spacial score (nSPS) is 10.7. The zero-order valence-electron chi connectivity index (χ0n) is 16.4. The van der Waals surface area contributed by atoms with Gasteiger partial charge in [-0.2, -0.15) is 0 Å². The maximum absolute atomic E-state index is 11.2. The van der Waals surface area contributed by atoms with E-state index in [0.29, 0.717) is 16.8 Å². The summed E-state index contributed by atoms with van der Waals surface area (Å²) < 4.78 is 6.43. The first kappa shape index (κ1) is 20.1. The molecular weight excluding hydrogens is 418 g/mol. The Morgan fingerprint density at radius 1 is 1.13 bits per heavy atom. The van der Waals surface area contributed by atoms with Crippen LogP contribution in [0, 0.1) is 6.92 Å². The van der Waals surface area contributed by atoms with Crippen molar-refractivity contribution in [3.05, 3.63) is 66.1 Å². The first-order valence-corrected chi connectivity index (χ1v) is 11.0. The van der Waals surface area contributed by atoms with Crippen LogP contribution >= 0.6 is 23.1 Å². The Kier molecular flexibility index (Phi) is 6.10. The van der Waals surface area contributed by atoms with E-state index in [9.17, 15) is 4.79 Å². The molecular formula is C21H19N5O2S2. The lowest BCUT2D eigenvalue weighted by molar-refractivity contribution is -0.114. The Morgan fingerprint density at radius 3 is 2.73 bits per heavy atom. The van der Waals surface area contributed by atoms with Crippen molar-refractivity contribution in [3.8, 4) is 11.5 Å². The second-order valence-electron chi connectivity index (χ2n) is 6.56. The van der Waals surface area contributed by atoms with Gasteiger partial charge in [0.15, 0.2) is 4.34 Å². The van der Waals surface area contributed by atoms with Crippen molar-refractivity contribution in [2.24, 2.45) is 0 Å². The molecule has 2 heterocycles. The van der Waals surface area contributed by atoms with Gasteiger partial charge in [0.25, 0.3) is 0 Å². The molecule has 0 aliphatic carbocycles. The molecule has 9 heteroatoms. The molecule has 4 aromatic rings. The highest BCUT2D eigenvalue weighted by atomic mass is 32.2. The molecule has 0 radical (unpaired) electrons. The Labute approximate surface area is 182 Å². The SMILES string of the molecule is CC(=O)Nc1cccc(Nc2nnc(SCc3coc(-c4ccc(C)cc4)n3)s2)c1. The molecule has 0 aliphatic heterocycles. The predicted molar refractivity (Wildman–Crippen MR) is 120 cm³/mol. The second kappa shape index (κ2) is 9.10. The van der Waals surface area contributed by atoms with Gasteiger partial charge in [0.05, 0.1) is 5.69 Å². The first-order chi connectivity index (χ1) is 14.5. The molecule has 0 saturated heterocycles. The molecule has 0 aliphatic rings. The molecule has 0 unspecified atom stereocenters. The maximum Gasteiger partial charge on any atom is 0.226 e. The number of hydrogen-bond donors (Lipinski definition) is 2. The van der Waals surface area contributed by atoms with Gasteiger partial charge in [-0.1, -0.05) is 46.9 Å². The molecule has 2 N–H and O–H groups in total. The third-order valence-corrected chi connectivity index (χ3v) is 6.04. The molecule has 4 rings (SSSR count). The topological polar surface area (TPSA) is 92.9 Å².